The van der Waals surface area contributed by atoms with E-state index in [1.54, 1.807) is 23.7 Å². The van der Waals surface area contributed by atoms with E-state index in [1.165, 1.54) is 0 Å². The third kappa shape index (κ3) is 2.84. The van der Waals surface area contributed by atoms with Gasteiger partial charge in [0.2, 0.25) is 0 Å². The second-order valence-corrected chi connectivity index (χ2v) is 4.40. The van der Waals surface area contributed by atoms with Crippen molar-refractivity contribution in [3.8, 4) is 10.6 Å². The van der Waals surface area contributed by atoms with Crippen LogP contribution >= 0.6 is 11.3 Å². The Morgan fingerprint density at radius 1 is 1.25 bits per heavy atom. The fourth-order valence-electron chi connectivity index (χ4n) is 1.34. The average Bonchev–Trinajstić information content (AvgIpc) is 2.79. The summed E-state index contributed by atoms with van der Waals surface area (Å²) in [5.41, 5.74) is 1.09. The zero-order valence-electron chi connectivity index (χ0n) is 9.18. The summed E-state index contributed by atoms with van der Waals surface area (Å²) in [5.74, 6) is 0. The maximum atomic E-state index is 4.18. The van der Waals surface area contributed by atoms with Gasteiger partial charge < -0.3 is 5.32 Å². The minimum absolute atomic E-state index is 0.941. The molecule has 0 saturated heterocycles. The molecule has 0 atom stereocenters. The molecule has 0 spiro atoms. The van der Waals surface area contributed by atoms with Crippen LogP contribution < -0.4 is 5.32 Å². The first-order valence-corrected chi connectivity index (χ1v) is 6.15. The fraction of sp³-hybridized carbons (Fsp3) is 0.364. The van der Waals surface area contributed by atoms with Gasteiger partial charge in [0, 0.05) is 30.9 Å². The van der Waals surface area contributed by atoms with E-state index in [2.05, 4.69) is 27.4 Å². The summed E-state index contributed by atoms with van der Waals surface area (Å²) in [7, 11) is 0. The molecule has 2 heterocycles. The van der Waals surface area contributed by atoms with Crippen LogP contribution in [0.4, 0.5) is 0 Å². The highest BCUT2D eigenvalue weighted by atomic mass is 32.1. The number of likely N-dealkylation sites (N-methyl/N-ethyl adjacent to an activating group) is 1. The van der Waals surface area contributed by atoms with Crippen LogP contribution in [0, 0.1) is 0 Å². The summed E-state index contributed by atoms with van der Waals surface area (Å²) in [4.78, 5) is 3.98. The van der Waals surface area contributed by atoms with E-state index < -0.39 is 0 Å². The Hall–Kier alpha value is -1.33. The summed E-state index contributed by atoms with van der Waals surface area (Å²) in [6.45, 7) is 4.06. The fourth-order valence-corrected chi connectivity index (χ4v) is 2.18. The third-order valence-corrected chi connectivity index (χ3v) is 3.19. The van der Waals surface area contributed by atoms with E-state index in [-0.39, 0.29) is 0 Å². The molecular weight excluding hydrogens is 220 g/mol. The molecule has 16 heavy (non-hydrogen) atoms. The van der Waals surface area contributed by atoms with Crippen LogP contribution in [0.5, 0.6) is 0 Å². The van der Waals surface area contributed by atoms with Crippen LogP contribution in [0.2, 0.25) is 0 Å². The Morgan fingerprint density at radius 2 is 2.06 bits per heavy atom. The lowest BCUT2D eigenvalue weighted by Gasteiger charge is -1.96. The quantitative estimate of drug-likeness (QED) is 0.801. The molecule has 0 fully saturated rings. The second-order valence-electron chi connectivity index (χ2n) is 3.34. The van der Waals surface area contributed by atoms with E-state index in [0.717, 1.165) is 35.1 Å². The van der Waals surface area contributed by atoms with Gasteiger partial charge in [-0.2, -0.15) is 0 Å². The highest BCUT2D eigenvalue weighted by Crippen LogP contribution is 2.22. The van der Waals surface area contributed by atoms with Gasteiger partial charge in [-0.3, -0.25) is 4.98 Å². The van der Waals surface area contributed by atoms with Crippen molar-refractivity contribution in [2.75, 3.05) is 13.1 Å². The second kappa shape index (κ2) is 5.67. The molecule has 0 aliphatic carbocycles. The first-order chi connectivity index (χ1) is 7.90. The molecule has 5 heteroatoms. The first kappa shape index (κ1) is 11.2. The van der Waals surface area contributed by atoms with Crippen LogP contribution in [0.15, 0.2) is 24.5 Å². The zero-order chi connectivity index (χ0) is 11.2. The van der Waals surface area contributed by atoms with Gasteiger partial charge in [-0.1, -0.05) is 18.3 Å². The molecule has 0 radical (unpaired) electrons. The van der Waals surface area contributed by atoms with Crippen LogP contribution in [-0.2, 0) is 6.42 Å². The maximum Gasteiger partial charge on any atom is 0.147 e. The SMILES string of the molecule is CCNCCc1nnc(-c2ccncc2)s1. The van der Waals surface area contributed by atoms with Crippen molar-refractivity contribution in [2.24, 2.45) is 0 Å². The average molecular weight is 234 g/mol. The zero-order valence-corrected chi connectivity index (χ0v) is 10.00. The van der Waals surface area contributed by atoms with E-state index in [4.69, 9.17) is 0 Å². The summed E-state index contributed by atoms with van der Waals surface area (Å²) >= 11 is 1.65. The minimum Gasteiger partial charge on any atom is -0.317 e. The van der Waals surface area contributed by atoms with Gasteiger partial charge in [-0.25, -0.2) is 0 Å². The van der Waals surface area contributed by atoms with Crippen molar-refractivity contribution >= 4 is 11.3 Å². The lowest BCUT2D eigenvalue weighted by atomic mass is 10.3. The molecule has 0 bridgehead atoms. The van der Waals surface area contributed by atoms with Crippen molar-refractivity contribution in [1.82, 2.24) is 20.5 Å². The first-order valence-electron chi connectivity index (χ1n) is 5.33. The van der Waals surface area contributed by atoms with E-state index in [9.17, 15) is 0 Å². The molecule has 2 rings (SSSR count). The molecule has 2 aromatic rings. The van der Waals surface area contributed by atoms with Gasteiger partial charge in [-0.05, 0) is 18.7 Å². The number of pyridine rings is 1. The molecule has 0 aliphatic rings. The highest BCUT2D eigenvalue weighted by molar-refractivity contribution is 7.14. The number of rotatable bonds is 5. The minimum atomic E-state index is 0.941. The molecule has 0 amide bonds. The van der Waals surface area contributed by atoms with E-state index in [1.807, 2.05) is 12.1 Å². The number of hydrogen-bond acceptors (Lipinski definition) is 5. The Kier molecular flexibility index (Phi) is 3.96. The molecular formula is C11H14N4S. The molecule has 4 nitrogen and oxygen atoms in total. The van der Waals surface area contributed by atoms with Crippen LogP contribution in [-0.4, -0.2) is 28.3 Å². The normalized spacial score (nSPS) is 10.6. The highest BCUT2D eigenvalue weighted by Gasteiger charge is 2.05. The van der Waals surface area contributed by atoms with Crippen molar-refractivity contribution in [3.63, 3.8) is 0 Å². The Morgan fingerprint density at radius 3 is 2.81 bits per heavy atom. The summed E-state index contributed by atoms with van der Waals surface area (Å²) in [6.07, 6.45) is 4.49. The smallest absolute Gasteiger partial charge is 0.147 e. The van der Waals surface area contributed by atoms with Crippen LogP contribution in [0.1, 0.15) is 11.9 Å². The maximum absolute atomic E-state index is 4.18. The number of aromatic nitrogens is 3. The molecule has 0 saturated carbocycles. The predicted molar refractivity (Wildman–Crippen MR) is 65.4 cm³/mol. The number of hydrogen-bond donors (Lipinski definition) is 1. The van der Waals surface area contributed by atoms with Gasteiger partial charge in [0.05, 0.1) is 0 Å². The molecule has 0 aliphatic heterocycles. The lowest BCUT2D eigenvalue weighted by Crippen LogP contribution is -2.15. The largest absolute Gasteiger partial charge is 0.317 e. The third-order valence-electron chi connectivity index (χ3n) is 2.16. The summed E-state index contributed by atoms with van der Waals surface area (Å²) in [5, 5.41) is 13.7. The van der Waals surface area contributed by atoms with Gasteiger partial charge >= 0.3 is 0 Å². The van der Waals surface area contributed by atoms with Crippen molar-refractivity contribution < 1.29 is 0 Å². The monoisotopic (exact) mass is 234 g/mol. The Balaban J connectivity index is 2.02. The molecule has 2 aromatic heterocycles. The molecule has 0 aromatic carbocycles. The van der Waals surface area contributed by atoms with Gasteiger partial charge in [0.25, 0.3) is 0 Å². The Labute approximate surface area is 98.8 Å². The number of nitrogens with one attached hydrogen (secondary N) is 1. The molecule has 1 N–H and O–H groups in total. The lowest BCUT2D eigenvalue weighted by molar-refractivity contribution is 0.710. The van der Waals surface area contributed by atoms with E-state index in [0.29, 0.717) is 0 Å². The van der Waals surface area contributed by atoms with Crippen molar-refractivity contribution in [1.29, 1.82) is 0 Å². The summed E-state index contributed by atoms with van der Waals surface area (Å²) < 4.78 is 0. The van der Waals surface area contributed by atoms with Crippen LogP contribution in [0.3, 0.4) is 0 Å². The standard InChI is InChI=1S/C11H14N4S/c1-2-12-8-5-10-14-15-11(16-10)9-3-6-13-7-4-9/h3-4,6-7,12H,2,5,8H2,1H3. The molecule has 84 valence electrons. The molecule has 0 unspecified atom stereocenters. The van der Waals surface area contributed by atoms with Gasteiger partial charge in [0.1, 0.15) is 10.0 Å². The van der Waals surface area contributed by atoms with E-state index >= 15 is 0 Å². The predicted octanol–water partition coefficient (Wildman–Crippen LogP) is 1.75. The van der Waals surface area contributed by atoms with Gasteiger partial charge in [0.15, 0.2) is 0 Å². The Bertz CT molecular complexity index is 427. The van der Waals surface area contributed by atoms with Crippen molar-refractivity contribution in [3.05, 3.63) is 29.5 Å². The summed E-state index contributed by atoms with van der Waals surface area (Å²) in [6, 6.07) is 3.91. The number of nitrogens with zero attached hydrogens (tertiary/aromatic N) is 3. The topological polar surface area (TPSA) is 50.7 Å². The van der Waals surface area contributed by atoms with Crippen LogP contribution in [0.25, 0.3) is 10.6 Å². The van der Waals surface area contributed by atoms with Crippen molar-refractivity contribution in [2.45, 2.75) is 13.3 Å². The van der Waals surface area contributed by atoms with Gasteiger partial charge in [-0.15, -0.1) is 10.2 Å².